The van der Waals surface area contributed by atoms with Gasteiger partial charge in [-0.05, 0) is 50.1 Å². The molecule has 1 unspecified atom stereocenters. The lowest BCUT2D eigenvalue weighted by molar-refractivity contribution is 0.150. The average molecular weight is 224 g/mol. The topological polar surface area (TPSA) is 3.24 Å². The molecule has 0 aliphatic carbocycles. The van der Waals surface area contributed by atoms with Crippen molar-refractivity contribution in [2.75, 3.05) is 13.1 Å². The Morgan fingerprint density at radius 2 is 1.80 bits per heavy atom. The molecule has 1 nitrogen and oxygen atoms in total. The molecular formula is C13H22NS. The van der Waals surface area contributed by atoms with Crippen molar-refractivity contribution in [3.05, 3.63) is 29.9 Å². The minimum Gasteiger partial charge on any atom is -0.290 e. The number of rotatable bonds is 3. The number of likely N-dealkylation sites (tertiary alicyclic amines) is 1. The SMILES string of the molecule is [CH2]CC(C)(N1CCCCC1)[SH]1C=CC=C1. The number of allylic oxidation sites excluding steroid dienone is 2. The predicted octanol–water partition coefficient (Wildman–Crippen LogP) is 3.45. The smallest absolute Gasteiger partial charge is 0.0528 e. The third-order valence-electron chi connectivity index (χ3n) is 3.67. The Hall–Kier alpha value is -0.210. The highest BCUT2D eigenvalue weighted by Crippen LogP contribution is 2.50. The molecule has 2 aliphatic heterocycles. The summed E-state index contributed by atoms with van der Waals surface area (Å²) in [5.74, 6) is 0. The van der Waals surface area contributed by atoms with Crippen molar-refractivity contribution in [2.45, 2.75) is 37.5 Å². The van der Waals surface area contributed by atoms with Gasteiger partial charge in [-0.1, -0.05) is 25.5 Å². The van der Waals surface area contributed by atoms with Crippen LogP contribution in [0.4, 0.5) is 0 Å². The first-order valence-corrected chi connectivity index (χ1v) is 7.43. The fourth-order valence-electron chi connectivity index (χ4n) is 2.48. The Kier molecular flexibility index (Phi) is 3.57. The fourth-order valence-corrected chi connectivity index (χ4v) is 4.58. The van der Waals surface area contributed by atoms with E-state index in [0.717, 1.165) is 6.42 Å². The molecule has 2 rings (SSSR count). The number of hydrogen-bond acceptors (Lipinski definition) is 1. The summed E-state index contributed by atoms with van der Waals surface area (Å²) in [5.41, 5.74) is 0. The Balaban J connectivity index is 2.11. The molecule has 0 N–H and O–H groups in total. The van der Waals surface area contributed by atoms with Crippen molar-refractivity contribution < 1.29 is 0 Å². The molecule has 1 fully saturated rings. The van der Waals surface area contributed by atoms with E-state index in [-0.39, 0.29) is 10.9 Å². The monoisotopic (exact) mass is 224 g/mol. The van der Waals surface area contributed by atoms with Crippen LogP contribution in [0, 0.1) is 6.92 Å². The summed E-state index contributed by atoms with van der Waals surface area (Å²) in [6, 6.07) is 0. The van der Waals surface area contributed by atoms with Gasteiger partial charge in [0, 0.05) is 0 Å². The Morgan fingerprint density at radius 3 is 2.33 bits per heavy atom. The molecule has 0 saturated carbocycles. The second-order valence-corrected chi connectivity index (χ2v) is 6.98. The average Bonchev–Trinajstić information content (AvgIpc) is 2.83. The molecule has 1 atom stereocenters. The molecular weight excluding hydrogens is 202 g/mol. The van der Waals surface area contributed by atoms with Crippen LogP contribution in [-0.4, -0.2) is 22.9 Å². The van der Waals surface area contributed by atoms with Crippen LogP contribution in [0.1, 0.15) is 32.6 Å². The van der Waals surface area contributed by atoms with Gasteiger partial charge in [-0.25, -0.2) is 0 Å². The van der Waals surface area contributed by atoms with Gasteiger partial charge < -0.3 is 0 Å². The maximum atomic E-state index is 4.18. The van der Waals surface area contributed by atoms with Gasteiger partial charge in [0.1, 0.15) is 0 Å². The molecule has 2 aliphatic rings. The molecule has 0 amide bonds. The van der Waals surface area contributed by atoms with Gasteiger partial charge in [-0.2, -0.15) is 10.9 Å². The van der Waals surface area contributed by atoms with Gasteiger partial charge in [0.2, 0.25) is 0 Å². The molecule has 0 aromatic rings. The molecule has 2 heteroatoms. The lowest BCUT2D eigenvalue weighted by Crippen LogP contribution is -2.47. The molecule has 85 valence electrons. The third kappa shape index (κ3) is 2.16. The van der Waals surface area contributed by atoms with E-state index in [1.54, 1.807) is 0 Å². The van der Waals surface area contributed by atoms with Crippen LogP contribution in [0.3, 0.4) is 0 Å². The molecule has 0 bridgehead atoms. The summed E-state index contributed by atoms with van der Waals surface area (Å²) in [5, 5.41) is 4.77. The largest absolute Gasteiger partial charge is 0.290 e. The van der Waals surface area contributed by atoms with Crippen LogP contribution in [0.15, 0.2) is 23.0 Å². The fraction of sp³-hybridized carbons (Fsp3) is 0.615. The van der Waals surface area contributed by atoms with E-state index < -0.39 is 0 Å². The van der Waals surface area contributed by atoms with Gasteiger partial charge in [-0.15, -0.1) is 0 Å². The Labute approximate surface area is 96.6 Å². The standard InChI is InChI=1S/C13H22NS/c1-3-13(2,15-11-7-8-12-15)14-9-5-4-6-10-14/h7-8,11-12,15H,1,3-6,9-10H2,2H3. The van der Waals surface area contributed by atoms with E-state index >= 15 is 0 Å². The molecule has 15 heavy (non-hydrogen) atoms. The van der Waals surface area contributed by atoms with Gasteiger partial charge in [0.05, 0.1) is 4.87 Å². The molecule has 0 aromatic heterocycles. The summed E-state index contributed by atoms with van der Waals surface area (Å²) < 4.78 is 0. The maximum Gasteiger partial charge on any atom is 0.0528 e. The van der Waals surface area contributed by atoms with Crippen molar-refractivity contribution in [1.29, 1.82) is 0 Å². The minimum atomic E-state index is -0.111. The maximum absolute atomic E-state index is 4.18. The van der Waals surface area contributed by atoms with Gasteiger partial charge in [0.25, 0.3) is 0 Å². The van der Waals surface area contributed by atoms with Crippen molar-refractivity contribution in [3.8, 4) is 0 Å². The summed E-state index contributed by atoms with van der Waals surface area (Å²) >= 11 is 0. The van der Waals surface area contributed by atoms with E-state index in [4.69, 9.17) is 0 Å². The van der Waals surface area contributed by atoms with Gasteiger partial charge in [0.15, 0.2) is 0 Å². The molecule has 0 spiro atoms. The minimum absolute atomic E-state index is 0.111. The first-order valence-electron chi connectivity index (χ1n) is 5.95. The van der Waals surface area contributed by atoms with Crippen LogP contribution >= 0.6 is 10.9 Å². The summed E-state index contributed by atoms with van der Waals surface area (Å²) in [6.07, 6.45) is 9.56. The van der Waals surface area contributed by atoms with Crippen LogP contribution in [0.5, 0.6) is 0 Å². The third-order valence-corrected chi connectivity index (χ3v) is 6.28. The quantitative estimate of drug-likeness (QED) is 0.719. The van der Waals surface area contributed by atoms with Crippen molar-refractivity contribution >= 4 is 10.9 Å². The number of hydrogen-bond donors (Lipinski definition) is 1. The number of thiol groups is 1. The zero-order valence-corrected chi connectivity index (χ0v) is 10.5. The Bertz CT molecular complexity index is 254. The van der Waals surface area contributed by atoms with Crippen molar-refractivity contribution in [2.24, 2.45) is 0 Å². The van der Waals surface area contributed by atoms with Gasteiger partial charge >= 0.3 is 0 Å². The first-order chi connectivity index (χ1) is 7.27. The first kappa shape index (κ1) is 11.3. The highest BCUT2D eigenvalue weighted by atomic mass is 32.2. The molecule has 1 saturated heterocycles. The zero-order chi connectivity index (χ0) is 10.7. The summed E-state index contributed by atoms with van der Waals surface area (Å²) in [6.45, 7) is 9.12. The van der Waals surface area contributed by atoms with E-state index in [9.17, 15) is 0 Å². The summed E-state index contributed by atoms with van der Waals surface area (Å²) in [4.78, 5) is 2.98. The van der Waals surface area contributed by atoms with Crippen molar-refractivity contribution in [1.82, 2.24) is 4.90 Å². The van der Waals surface area contributed by atoms with Crippen LogP contribution in [0.25, 0.3) is 0 Å². The zero-order valence-electron chi connectivity index (χ0n) is 9.65. The van der Waals surface area contributed by atoms with Crippen LogP contribution < -0.4 is 0 Å². The number of piperidine rings is 1. The van der Waals surface area contributed by atoms with E-state index in [0.29, 0.717) is 4.87 Å². The second-order valence-electron chi connectivity index (χ2n) is 4.61. The highest BCUT2D eigenvalue weighted by molar-refractivity contribution is 8.23. The molecule has 1 radical (unpaired) electrons. The van der Waals surface area contributed by atoms with E-state index in [2.05, 4.69) is 41.7 Å². The molecule has 2 heterocycles. The molecule has 0 aromatic carbocycles. The van der Waals surface area contributed by atoms with Crippen LogP contribution in [0.2, 0.25) is 0 Å². The summed E-state index contributed by atoms with van der Waals surface area (Å²) in [7, 11) is -0.111. The van der Waals surface area contributed by atoms with E-state index in [1.165, 1.54) is 32.4 Å². The predicted molar refractivity (Wildman–Crippen MR) is 71.1 cm³/mol. The number of nitrogens with zero attached hydrogens (tertiary/aromatic N) is 1. The normalized spacial score (nSPS) is 28.3. The lowest BCUT2D eigenvalue weighted by atomic mass is 10.1. The highest BCUT2D eigenvalue weighted by Gasteiger charge is 2.34. The van der Waals surface area contributed by atoms with E-state index in [1.807, 2.05) is 0 Å². The lowest BCUT2D eigenvalue weighted by Gasteiger charge is -2.47. The Morgan fingerprint density at radius 1 is 1.20 bits per heavy atom. The van der Waals surface area contributed by atoms with Gasteiger partial charge in [-0.3, -0.25) is 4.90 Å². The second kappa shape index (κ2) is 4.75. The van der Waals surface area contributed by atoms with Crippen LogP contribution in [-0.2, 0) is 0 Å². The van der Waals surface area contributed by atoms with Crippen molar-refractivity contribution in [3.63, 3.8) is 0 Å².